The van der Waals surface area contributed by atoms with E-state index in [0.29, 0.717) is 58.6 Å². The Hall–Kier alpha value is -3.43. The Kier molecular flexibility index (Phi) is 8.46. The van der Waals surface area contributed by atoms with Crippen molar-refractivity contribution in [2.24, 2.45) is 5.92 Å². The van der Waals surface area contributed by atoms with E-state index >= 15 is 8.78 Å². The number of hydrogen-bond acceptors (Lipinski definition) is 9. The Morgan fingerprint density at radius 3 is 2.68 bits per heavy atom. The number of halogens is 2. The lowest BCUT2D eigenvalue weighted by Crippen LogP contribution is -2.55. The zero-order chi connectivity index (χ0) is 31.3. The second-order valence-electron chi connectivity index (χ2n) is 12.3. The number of nitrogen functional groups attached to an aromatic ring is 1. The molecule has 2 saturated heterocycles. The molecular formula is C33H39F2N7OS. The molecule has 0 spiro atoms. The Morgan fingerprint density at radius 2 is 2.00 bits per heavy atom. The van der Waals surface area contributed by atoms with Gasteiger partial charge in [0.2, 0.25) is 5.95 Å². The third kappa shape index (κ3) is 5.17. The number of aromatic nitrogens is 2. The first-order chi connectivity index (χ1) is 21.2. The average Bonchev–Trinajstić information content (AvgIpc) is 3.74. The number of nitrogens with zero attached hydrogens (tertiary/aromatic N) is 6. The summed E-state index contributed by atoms with van der Waals surface area (Å²) < 4.78 is 38.2. The average molecular weight is 620 g/mol. The van der Waals surface area contributed by atoms with Crippen molar-refractivity contribution in [3.05, 3.63) is 56.4 Å². The zero-order valence-electron chi connectivity index (χ0n) is 26.0. The third-order valence-corrected chi connectivity index (χ3v) is 10.3. The Morgan fingerprint density at radius 1 is 1.25 bits per heavy atom. The molecule has 0 amide bonds. The molecule has 5 heterocycles. The predicted octanol–water partition coefficient (Wildman–Crippen LogP) is 5.95. The number of benzene rings is 1. The first kappa shape index (κ1) is 30.6. The van der Waals surface area contributed by atoms with Gasteiger partial charge in [-0.15, -0.1) is 11.3 Å². The summed E-state index contributed by atoms with van der Waals surface area (Å²) in [5, 5.41) is 10.9. The Balaban J connectivity index is 1.44. The normalized spacial score (nSPS) is 19.9. The van der Waals surface area contributed by atoms with E-state index in [9.17, 15) is 5.26 Å². The van der Waals surface area contributed by atoms with Crippen LogP contribution in [0.2, 0.25) is 0 Å². The quantitative estimate of drug-likeness (QED) is 0.331. The number of nitrogens with two attached hydrogens (primary N) is 1. The third-order valence-electron chi connectivity index (χ3n) is 9.23. The Bertz CT molecular complexity index is 1720. The van der Waals surface area contributed by atoms with Crippen LogP contribution in [0.5, 0.6) is 0 Å². The van der Waals surface area contributed by atoms with E-state index in [4.69, 9.17) is 20.4 Å². The molecule has 0 radical (unpaired) electrons. The van der Waals surface area contributed by atoms with E-state index in [2.05, 4.69) is 34.9 Å². The van der Waals surface area contributed by atoms with Crippen LogP contribution in [0.15, 0.2) is 17.8 Å². The molecule has 1 atom stereocenters. The molecule has 3 aliphatic rings. The van der Waals surface area contributed by atoms with Crippen molar-refractivity contribution in [2.75, 3.05) is 57.5 Å². The number of anilines is 2. The van der Waals surface area contributed by atoms with Gasteiger partial charge in [0.05, 0.1) is 23.7 Å². The topological polar surface area (TPSA) is 94.5 Å². The number of thiophene rings is 1. The Labute approximate surface area is 261 Å². The fourth-order valence-corrected chi connectivity index (χ4v) is 7.90. The van der Waals surface area contributed by atoms with Crippen molar-refractivity contribution < 1.29 is 13.5 Å². The molecule has 1 aromatic carbocycles. The van der Waals surface area contributed by atoms with Gasteiger partial charge in [0.25, 0.3) is 0 Å². The van der Waals surface area contributed by atoms with Crippen molar-refractivity contribution in [1.82, 2.24) is 19.8 Å². The van der Waals surface area contributed by atoms with Crippen LogP contribution >= 0.6 is 11.3 Å². The fraction of sp³-hybridized carbons (Fsp3) is 0.485. The van der Waals surface area contributed by atoms with Gasteiger partial charge in [-0.3, -0.25) is 4.90 Å². The lowest BCUT2D eigenvalue weighted by molar-refractivity contribution is 0.0464. The van der Waals surface area contributed by atoms with Crippen LogP contribution in [-0.4, -0.2) is 72.6 Å². The number of rotatable bonds is 8. The second kappa shape index (κ2) is 12.2. The smallest absolute Gasteiger partial charge is 0.226 e. The summed E-state index contributed by atoms with van der Waals surface area (Å²) >= 11 is 1.01. The molecule has 3 aliphatic heterocycles. The van der Waals surface area contributed by atoms with E-state index in [1.54, 1.807) is 13.1 Å². The van der Waals surface area contributed by atoms with Gasteiger partial charge in [-0.1, -0.05) is 18.6 Å². The molecule has 3 aromatic rings. The summed E-state index contributed by atoms with van der Waals surface area (Å²) in [6.07, 6.45) is 4.63. The van der Waals surface area contributed by atoms with E-state index in [1.807, 2.05) is 13.8 Å². The summed E-state index contributed by atoms with van der Waals surface area (Å²) in [4.78, 5) is 16.7. The molecule has 2 aromatic heterocycles. The minimum Gasteiger partial charge on any atom is -0.389 e. The molecule has 0 saturated carbocycles. The van der Waals surface area contributed by atoms with Gasteiger partial charge >= 0.3 is 0 Å². The molecule has 2 fully saturated rings. The van der Waals surface area contributed by atoms with Gasteiger partial charge in [-0.25, -0.2) is 18.7 Å². The van der Waals surface area contributed by atoms with Gasteiger partial charge in [0.1, 0.15) is 22.4 Å². The largest absolute Gasteiger partial charge is 0.389 e. The fourth-order valence-electron chi connectivity index (χ4n) is 6.90. The van der Waals surface area contributed by atoms with Crippen molar-refractivity contribution in [3.8, 4) is 6.07 Å². The molecule has 8 nitrogen and oxygen atoms in total. The number of nitriles is 1. The molecular weight excluding hydrogens is 580 g/mol. The number of fused-ring (bicyclic) bond motifs is 3. The van der Waals surface area contributed by atoms with E-state index < -0.39 is 11.6 Å². The predicted molar refractivity (Wildman–Crippen MR) is 172 cm³/mol. The van der Waals surface area contributed by atoms with Crippen molar-refractivity contribution in [2.45, 2.75) is 52.9 Å². The van der Waals surface area contributed by atoms with Crippen LogP contribution in [0.4, 0.5) is 19.7 Å². The van der Waals surface area contributed by atoms with Crippen LogP contribution in [0.25, 0.3) is 22.3 Å². The molecule has 232 valence electrons. The van der Waals surface area contributed by atoms with Gasteiger partial charge in [-0.05, 0) is 63.4 Å². The second-order valence-corrected chi connectivity index (χ2v) is 13.4. The maximum Gasteiger partial charge on any atom is 0.226 e. The summed E-state index contributed by atoms with van der Waals surface area (Å²) in [6.45, 7) is 10.8. The van der Waals surface area contributed by atoms with Crippen molar-refractivity contribution >= 4 is 44.6 Å². The summed E-state index contributed by atoms with van der Waals surface area (Å²) in [5.74, 6) is 0.187. The van der Waals surface area contributed by atoms with Gasteiger partial charge < -0.3 is 20.3 Å². The minimum atomic E-state index is -0.513. The van der Waals surface area contributed by atoms with Crippen LogP contribution in [0.3, 0.4) is 0 Å². The lowest BCUT2D eigenvalue weighted by atomic mass is 9.85. The number of hydrogen-bond donors (Lipinski definition) is 1. The molecule has 0 bridgehead atoms. The van der Waals surface area contributed by atoms with Crippen LogP contribution in [-0.2, 0) is 18.0 Å². The molecule has 2 N–H and O–H groups in total. The van der Waals surface area contributed by atoms with Crippen molar-refractivity contribution in [3.63, 3.8) is 0 Å². The first-order valence-corrected chi connectivity index (χ1v) is 16.0. The van der Waals surface area contributed by atoms with Crippen LogP contribution in [0.1, 0.15) is 66.3 Å². The van der Waals surface area contributed by atoms with E-state index in [1.165, 1.54) is 6.08 Å². The van der Waals surface area contributed by atoms with Gasteiger partial charge in [0.15, 0.2) is 5.82 Å². The number of allylic oxidation sites excluding steroid dienone is 2. The molecule has 1 unspecified atom stereocenters. The molecule has 0 aliphatic carbocycles. The number of ether oxygens (including phenoxy) is 1. The van der Waals surface area contributed by atoms with Crippen LogP contribution < -0.4 is 10.6 Å². The summed E-state index contributed by atoms with van der Waals surface area (Å²) in [7, 11) is 4.23. The highest BCUT2D eigenvalue weighted by Gasteiger charge is 2.37. The zero-order valence-corrected chi connectivity index (χ0v) is 26.8. The van der Waals surface area contributed by atoms with Gasteiger partial charge in [-0.2, -0.15) is 5.26 Å². The van der Waals surface area contributed by atoms with E-state index in [-0.39, 0.29) is 27.6 Å². The highest BCUT2D eigenvalue weighted by Crippen LogP contribution is 2.47. The monoisotopic (exact) mass is 619 g/mol. The highest BCUT2D eigenvalue weighted by atomic mass is 32.1. The highest BCUT2D eigenvalue weighted by molar-refractivity contribution is 7.17. The molecule has 11 heteroatoms. The minimum absolute atomic E-state index is 0.155. The molecule has 6 rings (SSSR count). The maximum atomic E-state index is 17.1. The first-order valence-electron chi connectivity index (χ1n) is 15.2. The molecule has 44 heavy (non-hydrogen) atoms. The standard InChI is InChI=1S/C33H39F2N7OS/c1-6-18(3)26(28-21(10-36)32(37)44-31(28)25(34)7-2)27-24-17-43-16-23(24)22-11-38-33(39-30(22)29(27)35)41-9-8-20(15-41)42-13-19(14-42)12-40(4)5/h7,11,19-20H,6,8-9,12-17,37H2,1-5H3/b25-7+,26-18+. The maximum absolute atomic E-state index is 17.1. The summed E-state index contributed by atoms with van der Waals surface area (Å²) in [5.41, 5.74) is 10.0. The lowest BCUT2D eigenvalue weighted by Gasteiger charge is -2.44. The SMILES string of the molecule is C/C=C(/F)c1sc(N)c(C#N)c1/C(=C(\C)CC)c1c2c(c3cnc(N4CCC(N5CC(CN(C)C)C5)C4)nc3c1F)COC2. The van der Waals surface area contributed by atoms with Crippen molar-refractivity contribution in [1.29, 1.82) is 5.26 Å². The van der Waals surface area contributed by atoms with E-state index in [0.717, 1.165) is 61.6 Å². The van der Waals surface area contributed by atoms with Gasteiger partial charge in [0, 0.05) is 61.5 Å². The van der Waals surface area contributed by atoms with Crippen LogP contribution in [0, 0.1) is 23.1 Å². The summed E-state index contributed by atoms with van der Waals surface area (Å²) in [6, 6.07) is 2.59. The number of likely N-dealkylation sites (tertiary alicyclic amines) is 1.